The molecular formula is C16H22F3NO3S. The standard InChI is InChI=1S/C16H22F3NO3S/c1-11-14(4-3-5-15(11)23-10-16(17,18)19)20-12(2)13-6-8-24(21,22)9-7-13/h3-5,12-13,20H,6-10H2,1-2H3. The SMILES string of the molecule is Cc1c(NC(C)C2CCS(=O)(=O)CC2)cccc1OCC(F)(F)F. The smallest absolute Gasteiger partial charge is 0.422 e. The fourth-order valence-electron chi connectivity index (χ4n) is 2.86. The van der Waals surface area contributed by atoms with E-state index in [1.165, 1.54) is 6.07 Å². The van der Waals surface area contributed by atoms with Crippen LogP contribution >= 0.6 is 0 Å². The molecule has 0 saturated carbocycles. The number of rotatable bonds is 5. The number of alkyl halides is 3. The summed E-state index contributed by atoms with van der Waals surface area (Å²) in [5.41, 5.74) is 1.31. The van der Waals surface area contributed by atoms with E-state index in [1.807, 2.05) is 6.92 Å². The molecule has 1 aromatic rings. The van der Waals surface area contributed by atoms with Crippen LogP contribution in [-0.2, 0) is 9.84 Å². The van der Waals surface area contributed by atoms with E-state index in [2.05, 4.69) is 5.32 Å². The summed E-state index contributed by atoms with van der Waals surface area (Å²) in [6.07, 6.45) is -3.18. The van der Waals surface area contributed by atoms with Gasteiger partial charge in [-0.3, -0.25) is 0 Å². The van der Waals surface area contributed by atoms with Gasteiger partial charge >= 0.3 is 6.18 Å². The highest BCUT2D eigenvalue weighted by Crippen LogP contribution is 2.30. The molecule has 1 saturated heterocycles. The monoisotopic (exact) mass is 365 g/mol. The fraction of sp³-hybridized carbons (Fsp3) is 0.625. The number of hydrogen-bond acceptors (Lipinski definition) is 4. The Balaban J connectivity index is 2.02. The molecule has 1 heterocycles. The van der Waals surface area contributed by atoms with E-state index in [9.17, 15) is 21.6 Å². The van der Waals surface area contributed by atoms with Crippen molar-refractivity contribution in [1.82, 2.24) is 0 Å². The van der Waals surface area contributed by atoms with E-state index in [0.717, 1.165) is 0 Å². The Morgan fingerprint density at radius 3 is 2.50 bits per heavy atom. The van der Waals surface area contributed by atoms with Gasteiger partial charge in [-0.15, -0.1) is 0 Å². The second-order valence-electron chi connectivity index (χ2n) is 6.25. The molecule has 1 aliphatic heterocycles. The molecule has 4 nitrogen and oxygen atoms in total. The second-order valence-corrected chi connectivity index (χ2v) is 8.56. The van der Waals surface area contributed by atoms with Gasteiger partial charge in [0.1, 0.15) is 15.6 Å². The summed E-state index contributed by atoms with van der Waals surface area (Å²) in [7, 11) is -2.91. The summed E-state index contributed by atoms with van der Waals surface area (Å²) in [5.74, 6) is 0.790. The maximum atomic E-state index is 12.3. The molecule has 1 fully saturated rings. The molecule has 1 aliphatic rings. The van der Waals surface area contributed by atoms with Crippen molar-refractivity contribution < 1.29 is 26.3 Å². The highest BCUT2D eigenvalue weighted by molar-refractivity contribution is 7.91. The van der Waals surface area contributed by atoms with Crippen LogP contribution in [0.15, 0.2) is 18.2 Å². The Morgan fingerprint density at radius 1 is 1.29 bits per heavy atom. The number of sulfone groups is 1. The summed E-state index contributed by atoms with van der Waals surface area (Å²) in [4.78, 5) is 0. The predicted molar refractivity (Wildman–Crippen MR) is 87.2 cm³/mol. The van der Waals surface area contributed by atoms with Gasteiger partial charge in [-0.05, 0) is 44.7 Å². The lowest BCUT2D eigenvalue weighted by molar-refractivity contribution is -0.153. The topological polar surface area (TPSA) is 55.4 Å². The molecule has 0 spiro atoms. The molecule has 0 aromatic heterocycles. The van der Waals surface area contributed by atoms with Gasteiger partial charge in [-0.25, -0.2) is 8.42 Å². The number of nitrogens with one attached hydrogen (secondary N) is 1. The maximum Gasteiger partial charge on any atom is 0.422 e. The molecule has 2 rings (SSSR count). The normalized spacial score (nSPS) is 19.7. The third-order valence-corrected chi connectivity index (χ3v) is 6.08. The van der Waals surface area contributed by atoms with E-state index in [4.69, 9.17) is 4.74 Å². The van der Waals surface area contributed by atoms with E-state index in [-0.39, 0.29) is 29.2 Å². The quantitative estimate of drug-likeness (QED) is 0.867. The first-order valence-corrected chi connectivity index (χ1v) is 9.66. The van der Waals surface area contributed by atoms with Gasteiger partial charge in [0.2, 0.25) is 0 Å². The van der Waals surface area contributed by atoms with Gasteiger partial charge in [0.15, 0.2) is 6.61 Å². The number of halogens is 3. The fourth-order valence-corrected chi connectivity index (χ4v) is 4.39. The van der Waals surface area contributed by atoms with Gasteiger partial charge in [-0.2, -0.15) is 13.2 Å². The predicted octanol–water partition coefficient (Wildman–Crippen LogP) is 3.56. The molecule has 136 valence electrons. The zero-order valence-electron chi connectivity index (χ0n) is 13.7. The van der Waals surface area contributed by atoms with Crippen LogP contribution in [0.4, 0.5) is 18.9 Å². The largest absolute Gasteiger partial charge is 0.484 e. The maximum absolute atomic E-state index is 12.3. The first-order chi connectivity index (χ1) is 11.1. The van der Waals surface area contributed by atoms with Gasteiger partial charge in [0.05, 0.1) is 11.5 Å². The molecule has 0 radical (unpaired) electrons. The number of hydrogen-bond donors (Lipinski definition) is 1. The lowest BCUT2D eigenvalue weighted by atomic mass is 9.94. The average Bonchev–Trinajstić information content (AvgIpc) is 2.47. The minimum Gasteiger partial charge on any atom is -0.484 e. The third-order valence-electron chi connectivity index (χ3n) is 4.37. The van der Waals surface area contributed by atoms with Gasteiger partial charge in [0, 0.05) is 17.3 Å². The molecule has 1 N–H and O–H groups in total. The number of ether oxygens (including phenoxy) is 1. The molecule has 0 bridgehead atoms. The molecule has 8 heteroatoms. The van der Waals surface area contributed by atoms with Crippen molar-refractivity contribution in [2.45, 2.75) is 38.9 Å². The molecule has 1 unspecified atom stereocenters. The Labute approximate surface area is 140 Å². The molecule has 0 amide bonds. The molecule has 1 aromatic carbocycles. The van der Waals surface area contributed by atoms with Crippen LogP contribution in [0.3, 0.4) is 0 Å². The van der Waals surface area contributed by atoms with Crippen molar-refractivity contribution in [1.29, 1.82) is 0 Å². The first kappa shape index (κ1) is 18.9. The van der Waals surface area contributed by atoms with E-state index in [0.29, 0.717) is 24.1 Å². The Morgan fingerprint density at radius 2 is 1.92 bits per heavy atom. The van der Waals surface area contributed by atoms with Crippen LogP contribution in [0.5, 0.6) is 5.75 Å². The molecule has 0 aliphatic carbocycles. The molecule has 24 heavy (non-hydrogen) atoms. The second kappa shape index (κ2) is 7.21. The summed E-state index contributed by atoms with van der Waals surface area (Å²) >= 11 is 0. The van der Waals surface area contributed by atoms with E-state index in [1.54, 1.807) is 19.1 Å². The van der Waals surface area contributed by atoms with Crippen molar-refractivity contribution in [3.05, 3.63) is 23.8 Å². The van der Waals surface area contributed by atoms with Crippen LogP contribution in [0.2, 0.25) is 0 Å². The van der Waals surface area contributed by atoms with Crippen LogP contribution in [0, 0.1) is 12.8 Å². The van der Waals surface area contributed by atoms with Crippen molar-refractivity contribution in [3.63, 3.8) is 0 Å². The number of benzene rings is 1. The van der Waals surface area contributed by atoms with Crippen LogP contribution in [-0.4, -0.2) is 38.7 Å². The zero-order valence-corrected chi connectivity index (χ0v) is 14.5. The van der Waals surface area contributed by atoms with Gasteiger partial charge in [0.25, 0.3) is 0 Å². The van der Waals surface area contributed by atoms with Gasteiger partial charge in [-0.1, -0.05) is 6.07 Å². The minimum atomic E-state index is -4.38. The summed E-state index contributed by atoms with van der Waals surface area (Å²) in [6.45, 7) is 2.34. The van der Waals surface area contributed by atoms with Crippen LogP contribution < -0.4 is 10.1 Å². The average molecular weight is 365 g/mol. The Hall–Kier alpha value is -1.44. The third kappa shape index (κ3) is 5.29. The van der Waals surface area contributed by atoms with Crippen molar-refractivity contribution in [3.8, 4) is 5.75 Å². The lowest BCUT2D eigenvalue weighted by Gasteiger charge is -2.29. The van der Waals surface area contributed by atoms with E-state index >= 15 is 0 Å². The highest BCUT2D eigenvalue weighted by Gasteiger charge is 2.29. The minimum absolute atomic E-state index is 0.0251. The van der Waals surface area contributed by atoms with Crippen molar-refractivity contribution in [2.75, 3.05) is 23.4 Å². The van der Waals surface area contributed by atoms with Crippen LogP contribution in [0.1, 0.15) is 25.3 Å². The highest BCUT2D eigenvalue weighted by atomic mass is 32.2. The Kier molecular flexibility index (Phi) is 5.67. The summed E-state index contributed by atoms with van der Waals surface area (Å²) in [6, 6.07) is 4.95. The van der Waals surface area contributed by atoms with Crippen molar-refractivity contribution >= 4 is 15.5 Å². The first-order valence-electron chi connectivity index (χ1n) is 7.83. The Bertz CT molecular complexity index is 660. The number of anilines is 1. The lowest BCUT2D eigenvalue weighted by Crippen LogP contribution is -2.33. The summed E-state index contributed by atoms with van der Waals surface area (Å²) in [5, 5.41) is 3.29. The molecular weight excluding hydrogens is 343 g/mol. The van der Waals surface area contributed by atoms with Crippen molar-refractivity contribution in [2.24, 2.45) is 5.92 Å². The van der Waals surface area contributed by atoms with Crippen LogP contribution in [0.25, 0.3) is 0 Å². The zero-order chi connectivity index (χ0) is 18.0. The van der Waals surface area contributed by atoms with E-state index < -0.39 is 22.6 Å². The summed E-state index contributed by atoms with van der Waals surface area (Å²) < 4.78 is 64.8. The van der Waals surface area contributed by atoms with Gasteiger partial charge < -0.3 is 10.1 Å². The molecule has 1 atom stereocenters.